The molecule has 0 aromatic carbocycles. The molecule has 3 heterocycles. The highest BCUT2D eigenvalue weighted by atomic mass is 35.5. The summed E-state index contributed by atoms with van der Waals surface area (Å²) in [4.78, 5) is 0. The van der Waals surface area contributed by atoms with Crippen LogP contribution < -0.4 is 5.32 Å². The van der Waals surface area contributed by atoms with E-state index in [9.17, 15) is 0 Å². The van der Waals surface area contributed by atoms with E-state index in [1.54, 1.807) is 0 Å². The van der Waals surface area contributed by atoms with Crippen molar-refractivity contribution in [1.29, 1.82) is 0 Å². The van der Waals surface area contributed by atoms with Crippen molar-refractivity contribution in [2.45, 2.75) is 38.5 Å². The van der Waals surface area contributed by atoms with Gasteiger partial charge in [-0.05, 0) is 31.4 Å². The van der Waals surface area contributed by atoms with Crippen molar-refractivity contribution in [2.75, 3.05) is 13.2 Å². The Kier molecular flexibility index (Phi) is 3.84. The standard InChI is InChI=1S/C11H17N3O.ClH/c1-2-10(15-5-1)8-14-7-9-3-4-12-6-11(9)13-14;/h7,10,12H,1-6,8H2;1H. The van der Waals surface area contributed by atoms with Gasteiger partial charge in [0.1, 0.15) is 0 Å². The number of ether oxygens (including phenoxy) is 1. The van der Waals surface area contributed by atoms with E-state index in [1.807, 2.05) is 0 Å². The minimum Gasteiger partial charge on any atom is -0.376 e. The number of rotatable bonds is 2. The molecule has 0 bridgehead atoms. The summed E-state index contributed by atoms with van der Waals surface area (Å²) in [5.41, 5.74) is 2.63. The number of hydrogen-bond donors (Lipinski definition) is 1. The first kappa shape index (κ1) is 11.9. The predicted octanol–water partition coefficient (Wildman–Crippen LogP) is 1.13. The molecular formula is C11H18ClN3O. The predicted molar refractivity (Wildman–Crippen MR) is 63.9 cm³/mol. The summed E-state index contributed by atoms with van der Waals surface area (Å²) in [6.07, 6.45) is 6.08. The highest BCUT2D eigenvalue weighted by molar-refractivity contribution is 5.85. The summed E-state index contributed by atoms with van der Waals surface area (Å²) < 4.78 is 7.68. The molecular weight excluding hydrogens is 226 g/mol. The normalized spacial score (nSPS) is 23.9. The second kappa shape index (κ2) is 5.17. The van der Waals surface area contributed by atoms with E-state index in [-0.39, 0.29) is 12.4 Å². The van der Waals surface area contributed by atoms with E-state index in [1.165, 1.54) is 24.1 Å². The topological polar surface area (TPSA) is 39.1 Å². The largest absolute Gasteiger partial charge is 0.376 e. The smallest absolute Gasteiger partial charge is 0.0794 e. The zero-order valence-electron chi connectivity index (χ0n) is 9.32. The van der Waals surface area contributed by atoms with Gasteiger partial charge in [-0.1, -0.05) is 0 Å². The molecule has 1 aromatic rings. The van der Waals surface area contributed by atoms with E-state index >= 15 is 0 Å². The fraction of sp³-hybridized carbons (Fsp3) is 0.727. The molecule has 90 valence electrons. The van der Waals surface area contributed by atoms with Gasteiger partial charge in [0, 0.05) is 19.3 Å². The quantitative estimate of drug-likeness (QED) is 0.847. The van der Waals surface area contributed by atoms with Crippen molar-refractivity contribution in [3.8, 4) is 0 Å². The van der Waals surface area contributed by atoms with Crippen molar-refractivity contribution >= 4 is 12.4 Å². The van der Waals surface area contributed by atoms with Crippen LogP contribution in [-0.2, 0) is 24.2 Å². The molecule has 1 unspecified atom stereocenters. The van der Waals surface area contributed by atoms with Gasteiger partial charge < -0.3 is 10.1 Å². The third-order valence-electron chi connectivity index (χ3n) is 3.20. The van der Waals surface area contributed by atoms with E-state index in [4.69, 9.17) is 4.74 Å². The van der Waals surface area contributed by atoms with Crippen LogP contribution in [0.15, 0.2) is 6.20 Å². The average molecular weight is 244 g/mol. The number of nitrogens with zero attached hydrogens (tertiary/aromatic N) is 2. The Morgan fingerprint density at radius 3 is 3.25 bits per heavy atom. The van der Waals surface area contributed by atoms with Gasteiger partial charge in [-0.25, -0.2) is 0 Å². The molecule has 16 heavy (non-hydrogen) atoms. The average Bonchev–Trinajstić information content (AvgIpc) is 2.86. The number of fused-ring (bicyclic) bond motifs is 1. The van der Waals surface area contributed by atoms with Crippen LogP contribution in [0.1, 0.15) is 24.1 Å². The second-order valence-electron chi connectivity index (χ2n) is 4.38. The molecule has 5 heteroatoms. The second-order valence-corrected chi connectivity index (χ2v) is 4.38. The maximum atomic E-state index is 5.61. The molecule has 0 aliphatic carbocycles. The Balaban J connectivity index is 0.000000963. The van der Waals surface area contributed by atoms with Crippen molar-refractivity contribution in [3.05, 3.63) is 17.5 Å². The molecule has 1 atom stereocenters. The molecule has 2 aliphatic heterocycles. The summed E-state index contributed by atoms with van der Waals surface area (Å²) in [7, 11) is 0. The Labute approximate surface area is 102 Å². The van der Waals surface area contributed by atoms with E-state index < -0.39 is 0 Å². The molecule has 4 nitrogen and oxygen atoms in total. The number of nitrogens with one attached hydrogen (secondary N) is 1. The lowest BCUT2D eigenvalue weighted by molar-refractivity contribution is 0.0939. The first-order chi connectivity index (χ1) is 7.42. The van der Waals surface area contributed by atoms with Gasteiger partial charge in [-0.15, -0.1) is 12.4 Å². The molecule has 0 saturated carbocycles. The van der Waals surface area contributed by atoms with E-state index in [0.717, 1.165) is 32.7 Å². The van der Waals surface area contributed by atoms with Crippen LogP contribution in [0, 0.1) is 0 Å². The Bertz CT molecular complexity index is 323. The molecule has 2 aliphatic rings. The van der Waals surface area contributed by atoms with Crippen molar-refractivity contribution < 1.29 is 4.74 Å². The van der Waals surface area contributed by atoms with Crippen LogP contribution >= 0.6 is 12.4 Å². The SMILES string of the molecule is Cl.c1c2c(nn1CC1CCCO1)CNCC2. The fourth-order valence-electron chi connectivity index (χ4n) is 2.38. The highest BCUT2D eigenvalue weighted by Crippen LogP contribution is 2.16. The molecule has 0 radical (unpaired) electrons. The highest BCUT2D eigenvalue weighted by Gasteiger charge is 2.18. The van der Waals surface area contributed by atoms with Crippen LogP contribution in [0.5, 0.6) is 0 Å². The number of halogens is 1. The monoisotopic (exact) mass is 243 g/mol. The Hall–Kier alpha value is -0.580. The zero-order chi connectivity index (χ0) is 10.1. The summed E-state index contributed by atoms with van der Waals surface area (Å²) in [6, 6.07) is 0. The van der Waals surface area contributed by atoms with Gasteiger partial charge in [-0.3, -0.25) is 4.68 Å². The first-order valence-electron chi connectivity index (χ1n) is 5.79. The summed E-state index contributed by atoms with van der Waals surface area (Å²) in [6.45, 7) is 3.85. The van der Waals surface area contributed by atoms with Gasteiger partial charge in [0.2, 0.25) is 0 Å². The van der Waals surface area contributed by atoms with Crippen LogP contribution in [0.3, 0.4) is 0 Å². The third kappa shape index (κ3) is 2.39. The molecule has 1 fully saturated rings. The molecule has 0 amide bonds. The van der Waals surface area contributed by atoms with Crippen molar-refractivity contribution in [1.82, 2.24) is 15.1 Å². The van der Waals surface area contributed by atoms with Gasteiger partial charge >= 0.3 is 0 Å². The van der Waals surface area contributed by atoms with Crippen LogP contribution in [-0.4, -0.2) is 29.0 Å². The summed E-state index contributed by atoms with van der Waals surface area (Å²) in [5, 5.41) is 7.93. The van der Waals surface area contributed by atoms with Crippen molar-refractivity contribution in [2.24, 2.45) is 0 Å². The lowest BCUT2D eigenvalue weighted by Gasteiger charge is -2.09. The molecule has 1 aromatic heterocycles. The first-order valence-corrected chi connectivity index (χ1v) is 5.79. The lowest BCUT2D eigenvalue weighted by Crippen LogP contribution is -2.23. The maximum Gasteiger partial charge on any atom is 0.0794 e. The minimum atomic E-state index is 0. The number of hydrogen-bond acceptors (Lipinski definition) is 3. The molecule has 1 N–H and O–H groups in total. The van der Waals surface area contributed by atoms with Crippen LogP contribution in [0.2, 0.25) is 0 Å². The van der Waals surface area contributed by atoms with Crippen LogP contribution in [0.25, 0.3) is 0 Å². The Morgan fingerprint density at radius 1 is 1.56 bits per heavy atom. The maximum absolute atomic E-state index is 5.61. The lowest BCUT2D eigenvalue weighted by atomic mass is 10.1. The Morgan fingerprint density at radius 2 is 2.50 bits per heavy atom. The fourth-order valence-corrected chi connectivity index (χ4v) is 2.38. The molecule has 3 rings (SSSR count). The zero-order valence-corrected chi connectivity index (χ0v) is 10.1. The van der Waals surface area contributed by atoms with Gasteiger partial charge in [0.05, 0.1) is 18.3 Å². The third-order valence-corrected chi connectivity index (χ3v) is 3.20. The summed E-state index contributed by atoms with van der Waals surface area (Å²) in [5.74, 6) is 0. The molecule has 0 spiro atoms. The summed E-state index contributed by atoms with van der Waals surface area (Å²) >= 11 is 0. The van der Waals surface area contributed by atoms with Crippen LogP contribution in [0.4, 0.5) is 0 Å². The van der Waals surface area contributed by atoms with E-state index in [0.29, 0.717) is 6.10 Å². The van der Waals surface area contributed by atoms with Gasteiger partial charge in [-0.2, -0.15) is 5.10 Å². The van der Waals surface area contributed by atoms with E-state index in [2.05, 4.69) is 21.3 Å². The van der Waals surface area contributed by atoms with Gasteiger partial charge in [0.15, 0.2) is 0 Å². The molecule has 1 saturated heterocycles. The number of aromatic nitrogens is 2. The minimum absolute atomic E-state index is 0. The van der Waals surface area contributed by atoms with Crippen molar-refractivity contribution in [3.63, 3.8) is 0 Å². The van der Waals surface area contributed by atoms with Gasteiger partial charge in [0.25, 0.3) is 0 Å².